The zero-order valence-electron chi connectivity index (χ0n) is 21.2. The van der Waals surface area contributed by atoms with Gasteiger partial charge in [0.15, 0.2) is 0 Å². The fourth-order valence-electron chi connectivity index (χ4n) is 6.30. The van der Waals surface area contributed by atoms with E-state index in [0.717, 1.165) is 49.8 Å². The first-order chi connectivity index (χ1) is 19.2. The van der Waals surface area contributed by atoms with Gasteiger partial charge in [0.25, 0.3) is 0 Å². The summed E-state index contributed by atoms with van der Waals surface area (Å²) in [6.45, 7) is 0. The number of benzene rings is 6. The van der Waals surface area contributed by atoms with Crippen molar-refractivity contribution in [2.45, 2.75) is 0 Å². The summed E-state index contributed by atoms with van der Waals surface area (Å²) in [7, 11) is -3.17. The van der Waals surface area contributed by atoms with Gasteiger partial charge in [0.2, 0.25) is 7.29 Å². The minimum absolute atomic E-state index is 0.896. The van der Waals surface area contributed by atoms with Crippen LogP contribution in [0.25, 0.3) is 44.5 Å². The molecule has 39 heavy (non-hydrogen) atoms. The molecule has 8 rings (SSSR count). The van der Waals surface area contributed by atoms with Crippen molar-refractivity contribution in [3.8, 4) is 44.5 Å². The first kappa shape index (κ1) is 22.3. The predicted octanol–water partition coefficient (Wildman–Crippen LogP) is 9.05. The first-order valence-corrected chi connectivity index (χ1v) is 14.9. The van der Waals surface area contributed by atoms with Gasteiger partial charge in [-0.05, 0) is 63.7 Å². The molecule has 0 spiro atoms. The summed E-state index contributed by atoms with van der Waals surface area (Å²) in [6, 6.07) is 50.5. The van der Waals surface area contributed by atoms with Gasteiger partial charge in [-0.25, -0.2) is 0 Å². The van der Waals surface area contributed by atoms with Crippen molar-refractivity contribution in [2.75, 3.05) is 4.67 Å². The highest BCUT2D eigenvalue weighted by atomic mass is 31.2. The molecule has 2 aliphatic heterocycles. The lowest BCUT2D eigenvalue weighted by Crippen LogP contribution is -2.37. The minimum Gasteiger partial charge on any atom is -0.289 e. The zero-order valence-corrected chi connectivity index (χ0v) is 22.1. The molecule has 0 bridgehead atoms. The van der Waals surface area contributed by atoms with Crippen LogP contribution in [0.3, 0.4) is 0 Å². The number of anilines is 2. The van der Waals surface area contributed by atoms with E-state index in [-0.39, 0.29) is 0 Å². The van der Waals surface area contributed by atoms with Crippen LogP contribution in [0, 0.1) is 0 Å². The van der Waals surface area contributed by atoms with E-state index in [4.69, 9.17) is 0 Å². The lowest BCUT2D eigenvalue weighted by molar-refractivity contribution is 0.586. The SMILES string of the molecule is O=P12c3ccccc3-c3ccccc3N1c1ccc(-c3ccccc3-c3ccccc3)cc1-c1ccccc12. The number of hydrogen-bond donors (Lipinski definition) is 0. The van der Waals surface area contributed by atoms with E-state index in [0.29, 0.717) is 0 Å². The van der Waals surface area contributed by atoms with Crippen LogP contribution in [0.2, 0.25) is 0 Å². The average Bonchev–Trinajstić information content (AvgIpc) is 3.02. The molecule has 3 heteroatoms. The summed E-state index contributed by atoms with van der Waals surface area (Å²) in [4.78, 5) is 0. The second-order valence-corrected chi connectivity index (χ2v) is 12.6. The second-order valence-electron chi connectivity index (χ2n) is 10.1. The van der Waals surface area contributed by atoms with Crippen LogP contribution in [0.4, 0.5) is 11.4 Å². The number of fused-ring (bicyclic) bond motifs is 11. The van der Waals surface area contributed by atoms with E-state index >= 15 is 4.57 Å². The van der Waals surface area contributed by atoms with E-state index in [2.05, 4.69) is 120 Å². The maximum Gasteiger partial charge on any atom is 0.235 e. The van der Waals surface area contributed by atoms with Gasteiger partial charge in [-0.2, -0.15) is 0 Å². The minimum atomic E-state index is -3.17. The molecule has 6 aromatic carbocycles. The van der Waals surface area contributed by atoms with Crippen molar-refractivity contribution in [3.05, 3.63) is 146 Å². The molecule has 2 heterocycles. The van der Waals surface area contributed by atoms with Crippen LogP contribution in [-0.2, 0) is 4.57 Å². The van der Waals surface area contributed by atoms with Gasteiger partial charge in [0.05, 0.1) is 11.4 Å². The van der Waals surface area contributed by atoms with Crippen LogP contribution in [0.5, 0.6) is 0 Å². The Morgan fingerprint density at radius 2 is 0.872 bits per heavy atom. The Bertz CT molecular complexity index is 1960. The summed E-state index contributed by atoms with van der Waals surface area (Å²) in [5.41, 5.74) is 11.0. The smallest absolute Gasteiger partial charge is 0.235 e. The third kappa shape index (κ3) is 3.13. The summed E-state index contributed by atoms with van der Waals surface area (Å²) in [5, 5.41) is 1.80. The van der Waals surface area contributed by atoms with Crippen LogP contribution < -0.4 is 15.3 Å². The Morgan fingerprint density at radius 3 is 1.56 bits per heavy atom. The molecule has 0 radical (unpaired) electrons. The molecule has 6 aromatic rings. The third-order valence-electron chi connectivity index (χ3n) is 8.00. The highest BCUT2D eigenvalue weighted by molar-refractivity contribution is 7.81. The zero-order chi connectivity index (χ0) is 26.0. The predicted molar refractivity (Wildman–Crippen MR) is 164 cm³/mol. The van der Waals surface area contributed by atoms with Crippen molar-refractivity contribution in [2.24, 2.45) is 0 Å². The van der Waals surface area contributed by atoms with Crippen molar-refractivity contribution in [1.29, 1.82) is 0 Å². The second kappa shape index (κ2) is 8.43. The molecule has 2 nitrogen and oxygen atoms in total. The molecule has 0 N–H and O–H groups in total. The van der Waals surface area contributed by atoms with E-state index in [1.54, 1.807) is 0 Å². The Labute approximate surface area is 228 Å². The Hall–Kier alpha value is -4.65. The van der Waals surface area contributed by atoms with E-state index in [9.17, 15) is 0 Å². The lowest BCUT2D eigenvalue weighted by atomic mass is 9.91. The quantitative estimate of drug-likeness (QED) is 0.214. The van der Waals surface area contributed by atoms with Crippen LogP contribution >= 0.6 is 7.29 Å². The number of nitrogens with zero attached hydrogens (tertiary/aromatic N) is 1. The fourth-order valence-corrected chi connectivity index (χ4v) is 9.57. The van der Waals surface area contributed by atoms with Gasteiger partial charge in [0.1, 0.15) is 0 Å². The van der Waals surface area contributed by atoms with Gasteiger partial charge < -0.3 is 0 Å². The van der Waals surface area contributed by atoms with Crippen molar-refractivity contribution < 1.29 is 4.57 Å². The highest BCUT2D eigenvalue weighted by Gasteiger charge is 2.47. The first-order valence-electron chi connectivity index (χ1n) is 13.2. The fraction of sp³-hybridized carbons (Fsp3) is 0. The molecule has 0 fully saturated rings. The monoisotopic (exact) mass is 517 g/mol. The molecule has 0 aromatic heterocycles. The Morgan fingerprint density at radius 1 is 0.385 bits per heavy atom. The van der Waals surface area contributed by atoms with Crippen molar-refractivity contribution in [3.63, 3.8) is 0 Å². The number of para-hydroxylation sites is 1. The molecule has 0 saturated carbocycles. The number of rotatable bonds is 2. The molecule has 1 atom stereocenters. The summed E-state index contributed by atoms with van der Waals surface area (Å²) in [6.07, 6.45) is 0. The van der Waals surface area contributed by atoms with Crippen molar-refractivity contribution >= 4 is 29.3 Å². The summed E-state index contributed by atoms with van der Waals surface area (Å²) < 4.78 is 17.6. The maximum atomic E-state index is 15.5. The van der Waals surface area contributed by atoms with Gasteiger partial charge in [-0.1, -0.05) is 115 Å². The Kier molecular flexibility index (Phi) is 4.83. The highest BCUT2D eigenvalue weighted by Crippen LogP contribution is 2.65. The third-order valence-corrected chi connectivity index (χ3v) is 11.1. The lowest BCUT2D eigenvalue weighted by Gasteiger charge is -2.44. The van der Waals surface area contributed by atoms with E-state index < -0.39 is 7.29 Å². The Balaban J connectivity index is 1.41. The van der Waals surface area contributed by atoms with Crippen LogP contribution in [-0.4, -0.2) is 0 Å². The molecular weight excluding hydrogens is 493 g/mol. The topological polar surface area (TPSA) is 20.3 Å². The van der Waals surface area contributed by atoms with Gasteiger partial charge >= 0.3 is 0 Å². The molecular formula is C36H24NOP. The van der Waals surface area contributed by atoms with Crippen molar-refractivity contribution in [1.82, 2.24) is 0 Å². The maximum absolute atomic E-state index is 15.5. The molecule has 2 aliphatic rings. The largest absolute Gasteiger partial charge is 0.289 e. The van der Waals surface area contributed by atoms with Gasteiger partial charge in [-0.3, -0.25) is 9.24 Å². The van der Waals surface area contributed by atoms with E-state index in [1.807, 2.05) is 30.3 Å². The van der Waals surface area contributed by atoms with Crippen LogP contribution in [0.1, 0.15) is 0 Å². The molecule has 0 saturated heterocycles. The molecule has 0 amide bonds. The average molecular weight is 518 g/mol. The summed E-state index contributed by atoms with van der Waals surface area (Å²) in [5.74, 6) is 0. The summed E-state index contributed by atoms with van der Waals surface area (Å²) >= 11 is 0. The van der Waals surface area contributed by atoms with Crippen LogP contribution in [0.15, 0.2) is 146 Å². The standard InChI is InChI=1S/C36H24NOP/c38-39-35-20-10-7-17-30(35)29-16-6-9-19-33(29)37(39)34-23-22-26(24-32(34)31-18-8-11-21-36(31)39)28-15-5-4-14-27(28)25-12-2-1-3-13-25/h1-24H. The number of hydrogen-bond acceptors (Lipinski definition) is 1. The van der Waals surface area contributed by atoms with E-state index in [1.165, 1.54) is 16.7 Å². The molecule has 0 aliphatic carbocycles. The molecule has 184 valence electrons. The van der Waals surface area contributed by atoms with Gasteiger partial charge in [0, 0.05) is 21.7 Å². The normalized spacial score (nSPS) is 16.4. The van der Waals surface area contributed by atoms with Gasteiger partial charge in [-0.15, -0.1) is 0 Å². The molecule has 1 unspecified atom stereocenters.